The Morgan fingerprint density at radius 2 is 1.93 bits per heavy atom. The van der Waals surface area contributed by atoms with Crippen LogP contribution in [-0.2, 0) is 10.8 Å². The molecule has 3 N–H and O–H groups in total. The van der Waals surface area contributed by atoms with E-state index in [-0.39, 0.29) is 11.0 Å². The maximum absolute atomic E-state index is 13.6. The molecule has 1 unspecified atom stereocenters. The van der Waals surface area contributed by atoms with E-state index in [9.17, 15) is 8.60 Å². The minimum atomic E-state index is -1.50. The van der Waals surface area contributed by atoms with Gasteiger partial charge in [0.2, 0.25) is 5.16 Å². The number of aromatic nitrogens is 6. The van der Waals surface area contributed by atoms with Crippen LogP contribution in [-0.4, -0.2) is 34.6 Å². The Balaban J connectivity index is 1.59. The number of anilines is 2. The van der Waals surface area contributed by atoms with Crippen molar-refractivity contribution in [1.29, 1.82) is 0 Å². The van der Waals surface area contributed by atoms with Gasteiger partial charge in [0.15, 0.2) is 5.82 Å². The standard InChI is InChI=1S/C18H12FN7OS/c19-10-1-3-16-13(7-10)17(25-24-16)23-15-5-6-20-14-4-2-11(8-12(14)15)28(27)18-21-9-22-26-18/h1-9H,(H,21,22,26)(H2,20,23,24,25). The summed E-state index contributed by atoms with van der Waals surface area (Å²) >= 11 is 0. The van der Waals surface area contributed by atoms with Gasteiger partial charge in [-0.1, -0.05) is 0 Å². The van der Waals surface area contributed by atoms with Crippen LogP contribution < -0.4 is 5.32 Å². The van der Waals surface area contributed by atoms with E-state index in [1.165, 1.54) is 18.5 Å². The largest absolute Gasteiger partial charge is 0.338 e. The highest BCUT2D eigenvalue weighted by molar-refractivity contribution is 7.85. The third-order valence-electron chi connectivity index (χ3n) is 4.27. The summed E-state index contributed by atoms with van der Waals surface area (Å²) in [6.45, 7) is 0. The highest BCUT2D eigenvalue weighted by Crippen LogP contribution is 2.30. The van der Waals surface area contributed by atoms with Gasteiger partial charge in [-0.25, -0.2) is 13.6 Å². The van der Waals surface area contributed by atoms with E-state index < -0.39 is 10.8 Å². The zero-order chi connectivity index (χ0) is 19.1. The van der Waals surface area contributed by atoms with Crippen LogP contribution in [0, 0.1) is 5.82 Å². The van der Waals surface area contributed by atoms with E-state index in [0.29, 0.717) is 27.3 Å². The number of rotatable bonds is 4. The Hall–Kier alpha value is -3.66. The second kappa shape index (κ2) is 6.50. The lowest BCUT2D eigenvalue weighted by Crippen LogP contribution is -1.98. The van der Waals surface area contributed by atoms with Crippen molar-refractivity contribution in [3.8, 4) is 0 Å². The number of nitrogens with zero attached hydrogens (tertiary/aromatic N) is 4. The number of benzene rings is 2. The maximum Gasteiger partial charge on any atom is 0.219 e. The third-order valence-corrected chi connectivity index (χ3v) is 5.50. The molecule has 3 aromatic heterocycles. The lowest BCUT2D eigenvalue weighted by atomic mass is 10.2. The first-order chi connectivity index (χ1) is 13.7. The molecule has 0 amide bonds. The molecule has 0 saturated heterocycles. The SMILES string of the molecule is O=S(c1ccc2nccc(Nc3n[nH]c4ccc(F)cc34)c2c1)c1ncn[nH]1. The molecule has 0 fully saturated rings. The predicted octanol–water partition coefficient (Wildman–Crippen LogP) is 3.28. The first kappa shape index (κ1) is 16.5. The molecule has 1 atom stereocenters. The zero-order valence-corrected chi connectivity index (χ0v) is 15.0. The summed E-state index contributed by atoms with van der Waals surface area (Å²) in [5.74, 6) is 0.144. The molecule has 0 bridgehead atoms. The fraction of sp³-hybridized carbons (Fsp3) is 0. The fourth-order valence-electron chi connectivity index (χ4n) is 2.95. The van der Waals surface area contributed by atoms with Crippen LogP contribution in [0.1, 0.15) is 0 Å². The van der Waals surface area contributed by atoms with Crippen molar-refractivity contribution in [2.45, 2.75) is 10.1 Å². The molecule has 138 valence electrons. The van der Waals surface area contributed by atoms with E-state index in [0.717, 1.165) is 10.9 Å². The smallest absolute Gasteiger partial charge is 0.219 e. The van der Waals surface area contributed by atoms with Crippen molar-refractivity contribution in [3.63, 3.8) is 0 Å². The number of nitrogens with one attached hydrogen (secondary N) is 3. The topological polar surface area (TPSA) is 112 Å². The number of H-pyrrole nitrogens is 2. The van der Waals surface area contributed by atoms with Gasteiger partial charge in [0.05, 0.1) is 16.7 Å². The van der Waals surface area contributed by atoms with E-state index >= 15 is 0 Å². The van der Waals surface area contributed by atoms with Crippen LogP contribution >= 0.6 is 0 Å². The number of aromatic amines is 2. The summed E-state index contributed by atoms with van der Waals surface area (Å²) in [6.07, 6.45) is 2.97. The third kappa shape index (κ3) is 2.79. The summed E-state index contributed by atoms with van der Waals surface area (Å²) < 4.78 is 26.3. The molecule has 0 spiro atoms. The molecule has 5 aromatic rings. The summed E-state index contributed by atoms with van der Waals surface area (Å²) in [6, 6.07) is 11.5. The van der Waals surface area contributed by atoms with Gasteiger partial charge >= 0.3 is 0 Å². The van der Waals surface area contributed by atoms with E-state index in [1.54, 1.807) is 36.5 Å². The summed E-state index contributed by atoms with van der Waals surface area (Å²) in [5.41, 5.74) is 2.14. The second-order valence-electron chi connectivity index (χ2n) is 5.98. The van der Waals surface area contributed by atoms with Gasteiger partial charge in [0.1, 0.15) is 22.9 Å². The van der Waals surface area contributed by atoms with Crippen molar-refractivity contribution < 1.29 is 8.60 Å². The van der Waals surface area contributed by atoms with Crippen LogP contribution in [0.4, 0.5) is 15.9 Å². The molecule has 3 heterocycles. The summed E-state index contributed by atoms with van der Waals surface area (Å²) in [4.78, 5) is 8.85. The minimum absolute atomic E-state index is 0.270. The van der Waals surface area contributed by atoms with E-state index in [4.69, 9.17) is 0 Å². The molecule has 0 saturated carbocycles. The molecular weight excluding hydrogens is 381 g/mol. The molecule has 0 aliphatic heterocycles. The second-order valence-corrected chi connectivity index (χ2v) is 7.38. The molecule has 8 nitrogen and oxygen atoms in total. The quantitative estimate of drug-likeness (QED) is 0.432. The normalized spacial score (nSPS) is 12.5. The Bertz CT molecular complexity index is 1330. The molecule has 0 aliphatic carbocycles. The van der Waals surface area contributed by atoms with Crippen LogP contribution in [0.2, 0.25) is 0 Å². The molecule has 28 heavy (non-hydrogen) atoms. The van der Waals surface area contributed by atoms with Crippen LogP contribution in [0.15, 0.2) is 65.0 Å². The molecule has 2 aromatic carbocycles. The first-order valence-corrected chi connectivity index (χ1v) is 9.40. The molecular formula is C18H12FN7OS. The monoisotopic (exact) mass is 393 g/mol. The Kier molecular flexibility index (Phi) is 3.83. The van der Waals surface area contributed by atoms with Crippen LogP contribution in [0.25, 0.3) is 21.8 Å². The summed E-state index contributed by atoms with van der Waals surface area (Å²) in [7, 11) is -1.50. The van der Waals surface area contributed by atoms with Gasteiger partial charge in [-0.05, 0) is 42.5 Å². The average Bonchev–Trinajstić information content (AvgIpc) is 3.38. The predicted molar refractivity (Wildman–Crippen MR) is 102 cm³/mol. The lowest BCUT2D eigenvalue weighted by Gasteiger charge is -2.09. The fourth-order valence-corrected chi connectivity index (χ4v) is 3.87. The Morgan fingerprint density at radius 1 is 1.00 bits per heavy atom. The van der Waals surface area contributed by atoms with Crippen molar-refractivity contribution in [1.82, 2.24) is 30.4 Å². The molecule has 10 heteroatoms. The molecule has 5 rings (SSSR count). The van der Waals surface area contributed by atoms with Gasteiger partial charge in [0.25, 0.3) is 0 Å². The van der Waals surface area contributed by atoms with Crippen molar-refractivity contribution in [2.24, 2.45) is 0 Å². The van der Waals surface area contributed by atoms with Crippen LogP contribution in [0.5, 0.6) is 0 Å². The number of hydrogen-bond acceptors (Lipinski definition) is 6. The molecule has 0 aliphatic rings. The van der Waals surface area contributed by atoms with Gasteiger partial charge in [0, 0.05) is 21.9 Å². The number of fused-ring (bicyclic) bond motifs is 2. The van der Waals surface area contributed by atoms with Crippen molar-refractivity contribution in [2.75, 3.05) is 5.32 Å². The highest BCUT2D eigenvalue weighted by Gasteiger charge is 2.14. The van der Waals surface area contributed by atoms with Gasteiger partial charge in [-0.3, -0.25) is 15.2 Å². The van der Waals surface area contributed by atoms with Gasteiger partial charge < -0.3 is 5.32 Å². The van der Waals surface area contributed by atoms with E-state index in [1.807, 2.05) is 0 Å². The Labute approximate surface area is 159 Å². The van der Waals surface area contributed by atoms with Crippen molar-refractivity contribution >= 4 is 44.1 Å². The Morgan fingerprint density at radius 3 is 2.79 bits per heavy atom. The number of pyridine rings is 1. The highest BCUT2D eigenvalue weighted by atomic mass is 32.2. The van der Waals surface area contributed by atoms with Gasteiger partial charge in [-0.2, -0.15) is 10.2 Å². The number of hydrogen-bond donors (Lipinski definition) is 3. The van der Waals surface area contributed by atoms with Crippen LogP contribution in [0.3, 0.4) is 0 Å². The van der Waals surface area contributed by atoms with E-state index in [2.05, 4.69) is 35.7 Å². The average molecular weight is 393 g/mol. The first-order valence-electron chi connectivity index (χ1n) is 8.25. The summed E-state index contributed by atoms with van der Waals surface area (Å²) in [5, 5.41) is 18.3. The zero-order valence-electron chi connectivity index (χ0n) is 14.2. The van der Waals surface area contributed by atoms with Crippen molar-refractivity contribution in [3.05, 3.63) is 60.8 Å². The van der Waals surface area contributed by atoms with Gasteiger partial charge in [-0.15, -0.1) is 0 Å². The number of halogens is 1. The maximum atomic E-state index is 13.6. The molecule has 0 radical (unpaired) electrons. The minimum Gasteiger partial charge on any atom is -0.338 e. The lowest BCUT2D eigenvalue weighted by molar-refractivity contribution is 0.630.